The zero-order valence-electron chi connectivity index (χ0n) is 13.0. The molecule has 3 heterocycles. The fourth-order valence-corrected chi connectivity index (χ4v) is 3.77. The van der Waals surface area contributed by atoms with Crippen LogP contribution in [-0.2, 0) is 14.3 Å². The van der Waals surface area contributed by atoms with E-state index in [-0.39, 0.29) is 0 Å². The van der Waals surface area contributed by atoms with E-state index in [1.807, 2.05) is 0 Å². The molecule has 24 heavy (non-hydrogen) atoms. The lowest BCUT2D eigenvalue weighted by molar-refractivity contribution is -0.121. The summed E-state index contributed by atoms with van der Waals surface area (Å²) in [6.07, 6.45) is 7.81. The summed E-state index contributed by atoms with van der Waals surface area (Å²) in [7, 11) is 0. The van der Waals surface area contributed by atoms with E-state index in [1.54, 1.807) is 24.7 Å². The second-order valence-electron chi connectivity index (χ2n) is 5.35. The van der Waals surface area contributed by atoms with Crippen molar-refractivity contribution < 1.29 is 9.53 Å². The van der Waals surface area contributed by atoms with Crippen molar-refractivity contribution in [2.45, 2.75) is 9.64 Å². The summed E-state index contributed by atoms with van der Waals surface area (Å²) >= 11 is 1.32. The summed E-state index contributed by atoms with van der Waals surface area (Å²) in [5.41, 5.74) is 6.42. The second kappa shape index (κ2) is 7.65. The maximum Gasteiger partial charge on any atom is 0.241 e. The number of amides is 1. The molecule has 0 saturated carbocycles. The summed E-state index contributed by atoms with van der Waals surface area (Å²) in [5, 5.41) is 0. The van der Waals surface area contributed by atoms with Gasteiger partial charge in [-0.1, -0.05) is 11.8 Å². The highest BCUT2D eigenvalue weighted by Gasteiger charge is 2.43. The SMILES string of the molecule is NC(=O)C(CN1CCOCC1)(Sc1cncnc1)c1ccncn1. The minimum atomic E-state index is -1.05. The van der Waals surface area contributed by atoms with Gasteiger partial charge in [-0.25, -0.2) is 19.9 Å². The highest BCUT2D eigenvalue weighted by Crippen LogP contribution is 2.40. The van der Waals surface area contributed by atoms with Crippen molar-refractivity contribution in [2.24, 2.45) is 5.73 Å². The maximum absolute atomic E-state index is 12.5. The van der Waals surface area contributed by atoms with Gasteiger partial charge in [0.2, 0.25) is 5.91 Å². The van der Waals surface area contributed by atoms with Gasteiger partial charge in [0.05, 0.1) is 18.9 Å². The summed E-state index contributed by atoms with van der Waals surface area (Å²) in [6, 6.07) is 1.72. The number of carbonyl (C=O) groups excluding carboxylic acids is 1. The van der Waals surface area contributed by atoms with Crippen molar-refractivity contribution in [1.29, 1.82) is 0 Å². The van der Waals surface area contributed by atoms with Crippen molar-refractivity contribution in [3.05, 3.63) is 43.0 Å². The number of hydrogen-bond donors (Lipinski definition) is 1. The van der Waals surface area contributed by atoms with E-state index in [1.165, 1.54) is 24.4 Å². The molecule has 0 bridgehead atoms. The number of thioether (sulfide) groups is 1. The molecule has 1 aliphatic heterocycles. The third-order valence-corrected chi connectivity index (χ3v) is 5.11. The van der Waals surface area contributed by atoms with Gasteiger partial charge >= 0.3 is 0 Å². The zero-order chi connectivity index (χ0) is 16.8. The minimum Gasteiger partial charge on any atom is -0.379 e. The Balaban J connectivity index is 1.98. The molecule has 2 aromatic heterocycles. The Morgan fingerprint density at radius 1 is 1.25 bits per heavy atom. The van der Waals surface area contributed by atoms with Crippen LogP contribution in [0.3, 0.4) is 0 Å². The molecule has 9 heteroatoms. The summed E-state index contributed by atoms with van der Waals surface area (Å²) in [4.78, 5) is 31.7. The average molecular weight is 346 g/mol. The summed E-state index contributed by atoms with van der Waals surface area (Å²) in [6.45, 7) is 3.19. The number of aromatic nitrogens is 4. The monoisotopic (exact) mass is 346 g/mol. The smallest absolute Gasteiger partial charge is 0.241 e. The fourth-order valence-electron chi connectivity index (χ4n) is 2.56. The number of rotatable bonds is 6. The van der Waals surface area contributed by atoms with Gasteiger partial charge in [0.15, 0.2) is 4.75 Å². The largest absolute Gasteiger partial charge is 0.379 e. The van der Waals surface area contributed by atoms with Crippen molar-refractivity contribution in [3.63, 3.8) is 0 Å². The Morgan fingerprint density at radius 2 is 2.00 bits per heavy atom. The molecular weight excluding hydrogens is 328 g/mol. The van der Waals surface area contributed by atoms with Gasteiger partial charge in [0, 0.05) is 43.1 Å². The van der Waals surface area contributed by atoms with Crippen molar-refractivity contribution in [2.75, 3.05) is 32.8 Å². The number of carbonyl (C=O) groups is 1. The molecule has 1 unspecified atom stereocenters. The lowest BCUT2D eigenvalue weighted by Gasteiger charge is -2.36. The van der Waals surface area contributed by atoms with Crippen molar-refractivity contribution >= 4 is 17.7 Å². The number of nitrogens with zero attached hydrogens (tertiary/aromatic N) is 5. The first-order valence-electron chi connectivity index (χ1n) is 7.51. The Kier molecular flexibility index (Phi) is 5.34. The lowest BCUT2D eigenvalue weighted by atomic mass is 10.0. The van der Waals surface area contributed by atoms with Gasteiger partial charge in [-0.2, -0.15) is 0 Å². The van der Waals surface area contributed by atoms with Crippen LogP contribution in [-0.4, -0.2) is 63.6 Å². The van der Waals surface area contributed by atoms with Crippen LogP contribution < -0.4 is 5.73 Å². The minimum absolute atomic E-state index is 0.433. The number of hydrogen-bond acceptors (Lipinski definition) is 8. The molecule has 3 rings (SSSR count). The molecule has 1 amide bonds. The quantitative estimate of drug-likeness (QED) is 0.732. The molecule has 1 fully saturated rings. The van der Waals surface area contributed by atoms with Crippen LogP contribution in [0.1, 0.15) is 5.69 Å². The van der Waals surface area contributed by atoms with Gasteiger partial charge in [-0.15, -0.1) is 0 Å². The molecule has 2 aromatic rings. The molecule has 0 radical (unpaired) electrons. The Morgan fingerprint density at radius 3 is 2.62 bits per heavy atom. The molecule has 126 valence electrons. The molecule has 2 N–H and O–H groups in total. The number of morpholine rings is 1. The Bertz CT molecular complexity index is 668. The predicted octanol–water partition coefficient (Wildman–Crippen LogP) is 0.0717. The fraction of sp³-hybridized carbons (Fsp3) is 0.400. The predicted molar refractivity (Wildman–Crippen MR) is 88.1 cm³/mol. The number of nitrogens with two attached hydrogens (primary N) is 1. The second-order valence-corrected chi connectivity index (χ2v) is 6.72. The first-order chi connectivity index (χ1) is 11.7. The summed E-state index contributed by atoms with van der Waals surface area (Å²) < 4.78 is 4.34. The molecule has 0 aromatic carbocycles. The van der Waals surface area contributed by atoms with E-state index in [0.717, 1.165) is 18.0 Å². The van der Waals surface area contributed by atoms with Gasteiger partial charge in [0.25, 0.3) is 0 Å². The molecule has 1 atom stereocenters. The van der Waals surface area contributed by atoms with E-state index in [4.69, 9.17) is 10.5 Å². The molecule has 1 saturated heterocycles. The van der Waals surface area contributed by atoms with Crippen LogP contribution in [0.5, 0.6) is 0 Å². The molecule has 8 nitrogen and oxygen atoms in total. The van der Waals surface area contributed by atoms with Crippen LogP contribution in [0.4, 0.5) is 0 Å². The zero-order valence-corrected chi connectivity index (χ0v) is 13.9. The van der Waals surface area contributed by atoms with Crippen LogP contribution in [0.15, 0.2) is 42.2 Å². The van der Waals surface area contributed by atoms with Crippen LogP contribution in [0.2, 0.25) is 0 Å². The molecule has 1 aliphatic rings. The first-order valence-corrected chi connectivity index (χ1v) is 8.33. The van der Waals surface area contributed by atoms with E-state index in [9.17, 15) is 4.79 Å². The van der Waals surface area contributed by atoms with Gasteiger partial charge < -0.3 is 10.5 Å². The third kappa shape index (κ3) is 3.69. The third-order valence-electron chi connectivity index (χ3n) is 3.77. The van der Waals surface area contributed by atoms with Crippen molar-refractivity contribution in [3.8, 4) is 0 Å². The van der Waals surface area contributed by atoms with Crippen LogP contribution in [0, 0.1) is 0 Å². The molecule has 0 aliphatic carbocycles. The summed E-state index contributed by atoms with van der Waals surface area (Å²) in [5.74, 6) is -0.457. The van der Waals surface area contributed by atoms with E-state index in [0.29, 0.717) is 25.5 Å². The topological polar surface area (TPSA) is 107 Å². The lowest BCUT2D eigenvalue weighted by Crippen LogP contribution is -2.51. The van der Waals surface area contributed by atoms with Crippen molar-refractivity contribution in [1.82, 2.24) is 24.8 Å². The van der Waals surface area contributed by atoms with Gasteiger partial charge in [-0.3, -0.25) is 9.69 Å². The standard InChI is InChI=1S/C15H18N6O2S/c16-14(22)15(13-1-2-17-11-20-13,9-21-3-5-23-6-4-21)24-12-7-18-10-19-8-12/h1-2,7-8,10-11H,3-6,9H2,(H2,16,22). The normalized spacial score (nSPS) is 18.0. The number of primary amides is 1. The van der Waals surface area contributed by atoms with Gasteiger partial charge in [-0.05, 0) is 6.07 Å². The number of ether oxygens (including phenoxy) is 1. The maximum atomic E-state index is 12.5. The van der Waals surface area contributed by atoms with E-state index in [2.05, 4.69) is 24.8 Å². The Labute approximate surface area is 143 Å². The average Bonchev–Trinajstić information content (AvgIpc) is 2.63. The van der Waals surface area contributed by atoms with E-state index >= 15 is 0 Å². The molecular formula is C15H18N6O2S. The van der Waals surface area contributed by atoms with E-state index < -0.39 is 10.7 Å². The van der Waals surface area contributed by atoms with Gasteiger partial charge in [0.1, 0.15) is 12.7 Å². The van der Waals surface area contributed by atoms with Crippen LogP contribution in [0.25, 0.3) is 0 Å². The highest BCUT2D eigenvalue weighted by atomic mass is 32.2. The first kappa shape index (κ1) is 16.7. The van der Waals surface area contributed by atoms with Crippen LogP contribution >= 0.6 is 11.8 Å². The highest BCUT2D eigenvalue weighted by molar-refractivity contribution is 8.01. The Hall–Kier alpha value is -2.10. The molecule has 0 spiro atoms.